The van der Waals surface area contributed by atoms with Gasteiger partial charge in [-0.15, -0.1) is 0 Å². The van der Waals surface area contributed by atoms with Crippen molar-refractivity contribution < 1.29 is 32.3 Å². The predicted molar refractivity (Wildman–Crippen MR) is 48.3 cm³/mol. The number of hydrogen-bond donors (Lipinski definition) is 2. The summed E-state index contributed by atoms with van der Waals surface area (Å²) in [6.07, 6.45) is -4.97. The van der Waals surface area contributed by atoms with Crippen molar-refractivity contribution in [2.45, 2.75) is 19.6 Å². The van der Waals surface area contributed by atoms with Gasteiger partial charge in [-0.1, -0.05) is 0 Å². The monoisotopic (exact) mass is 251 g/mol. The number of aryl methyl sites for hydroxylation is 1. The third-order valence-electron chi connectivity index (χ3n) is 1.93. The fourth-order valence-electron chi connectivity index (χ4n) is 1.08. The molecule has 0 aliphatic rings. The molecule has 1 rings (SSSR count). The number of carbonyl (C=O) groups is 2. The van der Waals surface area contributed by atoms with Crippen molar-refractivity contribution in [3.05, 3.63) is 23.2 Å². The van der Waals surface area contributed by atoms with Crippen LogP contribution < -0.4 is 5.32 Å². The zero-order chi connectivity index (χ0) is 13.2. The van der Waals surface area contributed by atoms with Crippen molar-refractivity contribution in [2.24, 2.45) is 0 Å². The highest BCUT2D eigenvalue weighted by Gasteiger charge is 2.38. The van der Waals surface area contributed by atoms with E-state index < -0.39 is 30.4 Å². The van der Waals surface area contributed by atoms with Crippen molar-refractivity contribution in [3.8, 4) is 0 Å². The van der Waals surface area contributed by atoms with Gasteiger partial charge < -0.3 is 14.8 Å². The Morgan fingerprint density at radius 3 is 2.47 bits per heavy atom. The molecule has 0 saturated heterocycles. The van der Waals surface area contributed by atoms with Crippen LogP contribution >= 0.6 is 0 Å². The first-order valence-electron chi connectivity index (χ1n) is 4.39. The van der Waals surface area contributed by atoms with Crippen molar-refractivity contribution in [2.75, 3.05) is 0 Å². The van der Waals surface area contributed by atoms with Crippen LogP contribution in [0.25, 0.3) is 0 Å². The third-order valence-corrected chi connectivity index (χ3v) is 1.93. The fraction of sp³-hybridized carbons (Fsp3) is 0.333. The summed E-state index contributed by atoms with van der Waals surface area (Å²) in [6.45, 7) is 0.947. The number of amides is 1. The van der Waals surface area contributed by atoms with Crippen molar-refractivity contribution in [1.29, 1.82) is 0 Å². The molecule has 0 spiro atoms. The van der Waals surface area contributed by atoms with E-state index in [2.05, 4.69) is 0 Å². The van der Waals surface area contributed by atoms with Crippen LogP contribution in [0.4, 0.5) is 13.2 Å². The quantitative estimate of drug-likeness (QED) is 0.852. The molecule has 0 fully saturated rings. The van der Waals surface area contributed by atoms with Crippen LogP contribution in [0.1, 0.15) is 21.9 Å². The Morgan fingerprint density at radius 1 is 1.47 bits per heavy atom. The van der Waals surface area contributed by atoms with E-state index in [1.807, 2.05) is 0 Å². The summed E-state index contributed by atoms with van der Waals surface area (Å²) >= 11 is 0. The Morgan fingerprint density at radius 2 is 2.06 bits per heavy atom. The highest BCUT2D eigenvalue weighted by molar-refractivity contribution is 5.85. The summed E-state index contributed by atoms with van der Waals surface area (Å²) in [5.41, 5.74) is 0.181. The first-order chi connectivity index (χ1) is 7.71. The minimum absolute atomic E-state index is 0.143. The minimum Gasteiger partial charge on any atom is -0.475 e. The average molecular weight is 251 g/mol. The van der Waals surface area contributed by atoms with Crippen LogP contribution in [-0.4, -0.2) is 23.2 Å². The normalized spacial score (nSPS) is 11.3. The molecule has 2 N–H and O–H groups in total. The first-order valence-corrected chi connectivity index (χ1v) is 4.39. The maximum Gasteiger partial charge on any atom is 0.471 e. The lowest BCUT2D eigenvalue weighted by Crippen LogP contribution is -2.36. The van der Waals surface area contributed by atoms with E-state index in [-0.39, 0.29) is 11.3 Å². The van der Waals surface area contributed by atoms with Gasteiger partial charge in [0.25, 0.3) is 0 Å². The Labute approximate surface area is 93.2 Å². The summed E-state index contributed by atoms with van der Waals surface area (Å²) in [7, 11) is 0. The van der Waals surface area contributed by atoms with Crippen LogP contribution in [0, 0.1) is 6.92 Å². The van der Waals surface area contributed by atoms with Gasteiger partial charge in [-0.2, -0.15) is 13.2 Å². The maximum atomic E-state index is 11.9. The smallest absolute Gasteiger partial charge is 0.471 e. The molecule has 1 aromatic heterocycles. The lowest BCUT2D eigenvalue weighted by Gasteiger charge is -2.06. The Bertz CT molecular complexity index is 450. The van der Waals surface area contributed by atoms with Crippen molar-refractivity contribution >= 4 is 11.9 Å². The molecule has 0 atom stereocenters. The summed E-state index contributed by atoms with van der Waals surface area (Å²) < 4.78 is 40.3. The molecule has 94 valence electrons. The minimum atomic E-state index is -4.97. The molecule has 0 saturated carbocycles. The molecular weight excluding hydrogens is 243 g/mol. The van der Waals surface area contributed by atoms with E-state index in [1.165, 1.54) is 6.92 Å². The highest BCUT2D eigenvalue weighted by Crippen LogP contribution is 2.17. The van der Waals surface area contributed by atoms with Crippen LogP contribution in [0.2, 0.25) is 0 Å². The topological polar surface area (TPSA) is 79.5 Å². The molecule has 0 unspecified atom stereocenters. The Kier molecular flexibility index (Phi) is 3.45. The van der Waals surface area contributed by atoms with Crippen LogP contribution in [0.15, 0.2) is 10.5 Å². The van der Waals surface area contributed by atoms with E-state index >= 15 is 0 Å². The first kappa shape index (κ1) is 13.1. The molecule has 0 aliphatic carbocycles. The van der Waals surface area contributed by atoms with Gasteiger partial charge in [0.15, 0.2) is 0 Å². The molecule has 1 heterocycles. The lowest BCUT2D eigenvalue weighted by molar-refractivity contribution is -0.173. The largest absolute Gasteiger partial charge is 0.475 e. The molecule has 8 heteroatoms. The maximum absolute atomic E-state index is 11.9. The van der Waals surface area contributed by atoms with Gasteiger partial charge in [-0.05, 0) is 13.0 Å². The number of aromatic carboxylic acids is 1. The van der Waals surface area contributed by atoms with E-state index in [4.69, 9.17) is 9.52 Å². The van der Waals surface area contributed by atoms with Gasteiger partial charge in [0.05, 0.1) is 0 Å². The summed E-state index contributed by atoms with van der Waals surface area (Å²) in [5, 5.41) is 10.2. The molecule has 0 radical (unpaired) electrons. The van der Waals surface area contributed by atoms with Crippen LogP contribution in [0.5, 0.6) is 0 Å². The number of carboxylic acids is 1. The molecule has 0 aromatic carbocycles. The number of carbonyl (C=O) groups excluding carboxylic acids is 1. The van der Waals surface area contributed by atoms with E-state index in [0.29, 0.717) is 0 Å². The van der Waals surface area contributed by atoms with E-state index in [9.17, 15) is 22.8 Å². The molecule has 1 aromatic rings. The van der Waals surface area contributed by atoms with Crippen molar-refractivity contribution in [3.63, 3.8) is 0 Å². The zero-order valence-electron chi connectivity index (χ0n) is 8.59. The molecule has 0 aliphatic heterocycles. The van der Waals surface area contributed by atoms with Gasteiger partial charge in [0.1, 0.15) is 5.76 Å². The Hall–Kier alpha value is -1.99. The van der Waals surface area contributed by atoms with Crippen molar-refractivity contribution in [1.82, 2.24) is 5.32 Å². The van der Waals surface area contributed by atoms with Crippen LogP contribution in [0.3, 0.4) is 0 Å². The van der Waals surface area contributed by atoms with Crippen LogP contribution in [-0.2, 0) is 11.3 Å². The summed E-state index contributed by atoms with van der Waals surface area (Å²) in [5.74, 6) is -3.67. The SMILES string of the molecule is Cc1oc(C(=O)O)cc1CNC(=O)C(F)(F)F. The molecule has 17 heavy (non-hydrogen) atoms. The number of halogens is 3. The van der Waals surface area contributed by atoms with Gasteiger partial charge in [-0.25, -0.2) is 4.79 Å². The molecular formula is C9H8F3NO4. The number of rotatable bonds is 3. The van der Waals surface area contributed by atoms with Gasteiger partial charge in [0.2, 0.25) is 5.76 Å². The number of alkyl halides is 3. The second-order valence-corrected chi connectivity index (χ2v) is 3.18. The lowest BCUT2D eigenvalue weighted by atomic mass is 10.2. The molecule has 1 amide bonds. The average Bonchev–Trinajstić information content (AvgIpc) is 2.55. The second-order valence-electron chi connectivity index (χ2n) is 3.18. The van der Waals surface area contributed by atoms with Gasteiger partial charge in [0, 0.05) is 12.1 Å². The summed E-state index contributed by atoms with van der Waals surface area (Å²) in [6, 6.07) is 1.06. The molecule has 0 bridgehead atoms. The third kappa shape index (κ3) is 3.23. The zero-order valence-corrected chi connectivity index (χ0v) is 8.59. The van der Waals surface area contributed by atoms with E-state index in [1.54, 1.807) is 5.32 Å². The van der Waals surface area contributed by atoms with Gasteiger partial charge in [-0.3, -0.25) is 4.79 Å². The van der Waals surface area contributed by atoms with E-state index in [0.717, 1.165) is 6.07 Å². The number of hydrogen-bond acceptors (Lipinski definition) is 3. The summed E-state index contributed by atoms with van der Waals surface area (Å²) in [4.78, 5) is 21.0. The number of carboxylic acid groups (broad SMARTS) is 1. The number of nitrogens with one attached hydrogen (secondary N) is 1. The standard InChI is InChI=1S/C9H8F3NO4/c1-4-5(2-6(17-4)7(14)15)3-13-8(16)9(10,11)12/h2H,3H2,1H3,(H,13,16)(H,14,15). The second kappa shape index (κ2) is 4.48. The Balaban J connectivity index is 2.70. The van der Waals surface area contributed by atoms with Gasteiger partial charge >= 0.3 is 18.1 Å². The fourth-order valence-corrected chi connectivity index (χ4v) is 1.08. The highest BCUT2D eigenvalue weighted by atomic mass is 19.4. The number of furan rings is 1. The predicted octanol–water partition coefficient (Wildman–Crippen LogP) is 1.46. The molecule has 5 nitrogen and oxygen atoms in total.